The average Bonchev–Trinajstić information content (AvgIpc) is 2.63. The molecule has 1 aliphatic heterocycles. The highest BCUT2D eigenvalue weighted by atomic mass is 16.5. The number of nitrogen functional groups attached to an aromatic ring is 1. The van der Waals surface area contributed by atoms with Gasteiger partial charge >= 0.3 is 0 Å². The van der Waals surface area contributed by atoms with Crippen LogP contribution in [0.2, 0.25) is 0 Å². The van der Waals surface area contributed by atoms with Crippen molar-refractivity contribution in [3.8, 4) is 22.6 Å². The molecule has 4 nitrogen and oxygen atoms in total. The molecule has 2 heterocycles. The Kier molecular flexibility index (Phi) is 2.99. The highest BCUT2D eigenvalue weighted by molar-refractivity contribution is 5.70. The fourth-order valence-electron chi connectivity index (χ4n) is 2.22. The molecule has 1 aromatic carbocycles. The third-order valence-corrected chi connectivity index (χ3v) is 3.17. The van der Waals surface area contributed by atoms with Crippen LogP contribution >= 0.6 is 0 Å². The number of ether oxygens (including phenoxy) is 2. The number of nitrogens with two attached hydrogens (primary N) is 1. The van der Waals surface area contributed by atoms with Crippen molar-refractivity contribution in [1.82, 2.24) is 4.98 Å². The standard InChI is InChI=1S/C15H16N2O2/c1-10-12(4-6-15(16)17-10)11-3-5-13-14(9-11)19-8-2-7-18-13/h3-6,9H,2,7-8H2,1H3,(H2,16,17). The maximum Gasteiger partial charge on any atom is 0.161 e. The first kappa shape index (κ1) is 11.8. The third-order valence-electron chi connectivity index (χ3n) is 3.17. The third kappa shape index (κ3) is 2.34. The summed E-state index contributed by atoms with van der Waals surface area (Å²) in [6, 6.07) is 9.77. The van der Waals surface area contributed by atoms with Crippen LogP contribution in [0, 0.1) is 6.92 Å². The first-order chi connectivity index (χ1) is 9.24. The van der Waals surface area contributed by atoms with Gasteiger partial charge in [0.05, 0.1) is 13.2 Å². The fraction of sp³-hybridized carbons (Fsp3) is 0.267. The van der Waals surface area contributed by atoms with Gasteiger partial charge in [0.1, 0.15) is 5.82 Å². The molecule has 0 bridgehead atoms. The Balaban J connectivity index is 2.03. The molecular weight excluding hydrogens is 240 g/mol. The summed E-state index contributed by atoms with van der Waals surface area (Å²) in [7, 11) is 0. The molecule has 98 valence electrons. The summed E-state index contributed by atoms with van der Waals surface area (Å²) in [5.74, 6) is 2.14. The summed E-state index contributed by atoms with van der Waals surface area (Å²) in [6.07, 6.45) is 0.909. The molecule has 0 saturated heterocycles. The number of rotatable bonds is 1. The summed E-state index contributed by atoms with van der Waals surface area (Å²) >= 11 is 0. The summed E-state index contributed by atoms with van der Waals surface area (Å²) in [5.41, 5.74) is 8.72. The van der Waals surface area contributed by atoms with E-state index in [1.807, 2.05) is 37.3 Å². The van der Waals surface area contributed by atoms with E-state index in [0.717, 1.165) is 34.7 Å². The molecule has 0 fully saturated rings. The van der Waals surface area contributed by atoms with Crippen LogP contribution in [-0.4, -0.2) is 18.2 Å². The smallest absolute Gasteiger partial charge is 0.161 e. The van der Waals surface area contributed by atoms with E-state index in [1.54, 1.807) is 0 Å². The maximum absolute atomic E-state index is 5.70. The van der Waals surface area contributed by atoms with Gasteiger partial charge in [0.25, 0.3) is 0 Å². The molecular formula is C15H16N2O2. The van der Waals surface area contributed by atoms with Gasteiger partial charge in [-0.15, -0.1) is 0 Å². The van der Waals surface area contributed by atoms with E-state index in [2.05, 4.69) is 4.98 Å². The van der Waals surface area contributed by atoms with Crippen LogP contribution in [-0.2, 0) is 0 Å². The van der Waals surface area contributed by atoms with E-state index in [1.165, 1.54) is 0 Å². The van der Waals surface area contributed by atoms with Gasteiger partial charge in [-0.25, -0.2) is 4.98 Å². The van der Waals surface area contributed by atoms with E-state index in [4.69, 9.17) is 15.2 Å². The van der Waals surface area contributed by atoms with Crippen molar-refractivity contribution in [2.75, 3.05) is 18.9 Å². The Morgan fingerprint density at radius 2 is 1.84 bits per heavy atom. The zero-order chi connectivity index (χ0) is 13.2. The van der Waals surface area contributed by atoms with Crippen molar-refractivity contribution in [3.63, 3.8) is 0 Å². The average molecular weight is 256 g/mol. The number of aryl methyl sites for hydroxylation is 1. The molecule has 0 spiro atoms. The van der Waals surface area contributed by atoms with Crippen molar-refractivity contribution in [3.05, 3.63) is 36.0 Å². The topological polar surface area (TPSA) is 57.4 Å². The molecule has 1 aromatic heterocycles. The lowest BCUT2D eigenvalue weighted by atomic mass is 10.0. The lowest BCUT2D eigenvalue weighted by Crippen LogP contribution is -1.97. The summed E-state index contributed by atoms with van der Waals surface area (Å²) < 4.78 is 11.3. The molecule has 3 rings (SSSR count). The van der Waals surface area contributed by atoms with Crippen LogP contribution in [0.5, 0.6) is 11.5 Å². The van der Waals surface area contributed by atoms with Gasteiger partial charge in [0, 0.05) is 17.7 Å². The van der Waals surface area contributed by atoms with E-state index in [9.17, 15) is 0 Å². The Morgan fingerprint density at radius 1 is 1.05 bits per heavy atom. The molecule has 4 heteroatoms. The van der Waals surface area contributed by atoms with E-state index >= 15 is 0 Å². The molecule has 0 unspecified atom stereocenters. The van der Waals surface area contributed by atoms with Gasteiger partial charge in [-0.1, -0.05) is 6.07 Å². The Morgan fingerprint density at radius 3 is 2.63 bits per heavy atom. The Hall–Kier alpha value is -2.23. The molecule has 0 aliphatic carbocycles. The quantitative estimate of drug-likeness (QED) is 0.852. The SMILES string of the molecule is Cc1nc(N)ccc1-c1ccc2c(c1)OCCCO2. The van der Waals surface area contributed by atoms with Gasteiger partial charge in [-0.3, -0.25) is 0 Å². The lowest BCUT2D eigenvalue weighted by molar-refractivity contribution is 0.297. The molecule has 19 heavy (non-hydrogen) atoms. The first-order valence-corrected chi connectivity index (χ1v) is 6.37. The van der Waals surface area contributed by atoms with Crippen LogP contribution in [0.3, 0.4) is 0 Å². The van der Waals surface area contributed by atoms with Crippen LogP contribution in [0.1, 0.15) is 12.1 Å². The monoisotopic (exact) mass is 256 g/mol. The van der Waals surface area contributed by atoms with Crippen LogP contribution in [0.4, 0.5) is 5.82 Å². The lowest BCUT2D eigenvalue weighted by Gasteiger charge is -2.11. The Bertz CT molecular complexity index is 611. The van der Waals surface area contributed by atoms with Crippen LogP contribution in [0.25, 0.3) is 11.1 Å². The summed E-state index contributed by atoms with van der Waals surface area (Å²) in [4.78, 5) is 4.29. The van der Waals surface area contributed by atoms with Crippen molar-refractivity contribution in [2.24, 2.45) is 0 Å². The van der Waals surface area contributed by atoms with Crippen LogP contribution in [0.15, 0.2) is 30.3 Å². The molecule has 1 aliphatic rings. The van der Waals surface area contributed by atoms with Gasteiger partial charge in [0.15, 0.2) is 11.5 Å². The number of hydrogen-bond donors (Lipinski definition) is 1. The highest BCUT2D eigenvalue weighted by Crippen LogP contribution is 2.35. The molecule has 0 saturated carbocycles. The van der Waals surface area contributed by atoms with Crippen molar-refractivity contribution in [2.45, 2.75) is 13.3 Å². The number of benzene rings is 1. The number of fused-ring (bicyclic) bond motifs is 1. The molecule has 2 N–H and O–H groups in total. The first-order valence-electron chi connectivity index (χ1n) is 6.37. The van der Waals surface area contributed by atoms with Gasteiger partial charge in [0.2, 0.25) is 0 Å². The Labute approximate surface area is 112 Å². The van der Waals surface area contributed by atoms with Crippen LogP contribution < -0.4 is 15.2 Å². The normalized spacial score (nSPS) is 13.9. The van der Waals surface area contributed by atoms with Crippen molar-refractivity contribution >= 4 is 5.82 Å². The second-order valence-corrected chi connectivity index (χ2v) is 4.58. The van der Waals surface area contributed by atoms with E-state index < -0.39 is 0 Å². The van der Waals surface area contributed by atoms with Crippen molar-refractivity contribution < 1.29 is 9.47 Å². The number of aromatic nitrogens is 1. The minimum Gasteiger partial charge on any atom is -0.490 e. The minimum atomic E-state index is 0.538. The predicted octanol–water partition coefficient (Wildman–Crippen LogP) is 2.80. The second kappa shape index (κ2) is 4.80. The van der Waals surface area contributed by atoms with E-state index in [-0.39, 0.29) is 0 Å². The largest absolute Gasteiger partial charge is 0.490 e. The predicted molar refractivity (Wildman–Crippen MR) is 74.4 cm³/mol. The van der Waals surface area contributed by atoms with Gasteiger partial charge in [-0.2, -0.15) is 0 Å². The summed E-state index contributed by atoms with van der Waals surface area (Å²) in [6.45, 7) is 3.35. The minimum absolute atomic E-state index is 0.538. The molecule has 0 radical (unpaired) electrons. The molecule has 0 amide bonds. The number of nitrogens with zero attached hydrogens (tertiary/aromatic N) is 1. The molecule has 0 atom stereocenters. The molecule has 2 aromatic rings. The highest BCUT2D eigenvalue weighted by Gasteiger charge is 2.12. The second-order valence-electron chi connectivity index (χ2n) is 4.58. The fourth-order valence-corrected chi connectivity index (χ4v) is 2.22. The summed E-state index contributed by atoms with van der Waals surface area (Å²) in [5, 5.41) is 0. The number of pyridine rings is 1. The zero-order valence-electron chi connectivity index (χ0n) is 10.8. The van der Waals surface area contributed by atoms with E-state index in [0.29, 0.717) is 19.0 Å². The zero-order valence-corrected chi connectivity index (χ0v) is 10.8. The van der Waals surface area contributed by atoms with Gasteiger partial charge < -0.3 is 15.2 Å². The number of anilines is 1. The van der Waals surface area contributed by atoms with Crippen molar-refractivity contribution in [1.29, 1.82) is 0 Å². The maximum atomic E-state index is 5.70. The number of hydrogen-bond acceptors (Lipinski definition) is 4. The van der Waals surface area contributed by atoms with Gasteiger partial charge in [-0.05, 0) is 36.8 Å².